The molecule has 2 rings (SSSR count). The summed E-state index contributed by atoms with van der Waals surface area (Å²) in [6, 6.07) is 12.1. The van der Waals surface area contributed by atoms with Crippen LogP contribution in [0.1, 0.15) is 11.3 Å². The van der Waals surface area contributed by atoms with Crippen LogP contribution in [0.15, 0.2) is 36.4 Å². The van der Waals surface area contributed by atoms with Gasteiger partial charge in [-0.1, -0.05) is 12.1 Å². The number of rotatable bonds is 2. The second-order valence-electron chi connectivity index (χ2n) is 4.26. The van der Waals surface area contributed by atoms with E-state index in [1.165, 1.54) is 5.56 Å². The molecule has 0 fully saturated rings. The van der Waals surface area contributed by atoms with Gasteiger partial charge in [-0.05, 0) is 43.7 Å². The van der Waals surface area contributed by atoms with Gasteiger partial charge in [0.25, 0.3) is 0 Å². The molecule has 2 N–H and O–H groups in total. The number of hydrogen-bond acceptors (Lipinski definition) is 3. The fourth-order valence-electron chi connectivity index (χ4n) is 1.78. The number of pyridine rings is 1. The standard InChI is InChI=1S/C14H17N3/c1-10-5-4-6-12(9-10)17(3)14-13(15)8-7-11(2)16-14/h4-9H,15H2,1-3H3. The van der Waals surface area contributed by atoms with E-state index in [9.17, 15) is 0 Å². The minimum atomic E-state index is 0.694. The van der Waals surface area contributed by atoms with Gasteiger partial charge in [-0.3, -0.25) is 0 Å². The van der Waals surface area contributed by atoms with Gasteiger partial charge in [0.05, 0.1) is 5.69 Å². The van der Waals surface area contributed by atoms with Crippen LogP contribution in [-0.4, -0.2) is 12.0 Å². The summed E-state index contributed by atoms with van der Waals surface area (Å²) in [6.07, 6.45) is 0. The van der Waals surface area contributed by atoms with Crippen molar-refractivity contribution in [3.63, 3.8) is 0 Å². The smallest absolute Gasteiger partial charge is 0.156 e. The van der Waals surface area contributed by atoms with Crippen LogP contribution in [0, 0.1) is 13.8 Å². The Bertz CT molecular complexity index is 535. The molecule has 3 nitrogen and oxygen atoms in total. The summed E-state index contributed by atoms with van der Waals surface area (Å²) in [5.74, 6) is 0.801. The molecular formula is C14H17N3. The molecule has 0 saturated carbocycles. The predicted octanol–water partition coefficient (Wildman–Crippen LogP) is 3.05. The third-order valence-electron chi connectivity index (χ3n) is 2.75. The topological polar surface area (TPSA) is 42.2 Å². The van der Waals surface area contributed by atoms with E-state index in [-0.39, 0.29) is 0 Å². The van der Waals surface area contributed by atoms with Crippen LogP contribution in [0.25, 0.3) is 0 Å². The molecule has 0 spiro atoms. The van der Waals surface area contributed by atoms with Gasteiger partial charge >= 0.3 is 0 Å². The molecule has 0 saturated heterocycles. The van der Waals surface area contributed by atoms with E-state index in [1.54, 1.807) is 0 Å². The van der Waals surface area contributed by atoms with E-state index in [4.69, 9.17) is 5.73 Å². The van der Waals surface area contributed by atoms with Crippen LogP contribution in [0.5, 0.6) is 0 Å². The first kappa shape index (κ1) is 11.5. The zero-order valence-corrected chi connectivity index (χ0v) is 10.4. The van der Waals surface area contributed by atoms with Crippen molar-refractivity contribution in [3.05, 3.63) is 47.7 Å². The highest BCUT2D eigenvalue weighted by molar-refractivity contribution is 5.70. The van der Waals surface area contributed by atoms with Crippen LogP contribution in [0.4, 0.5) is 17.2 Å². The Morgan fingerprint density at radius 3 is 2.59 bits per heavy atom. The second kappa shape index (κ2) is 4.45. The van der Waals surface area contributed by atoms with E-state index in [0.717, 1.165) is 17.2 Å². The maximum absolute atomic E-state index is 5.96. The molecule has 0 bridgehead atoms. The molecule has 2 aromatic rings. The number of hydrogen-bond donors (Lipinski definition) is 1. The average Bonchev–Trinajstić information content (AvgIpc) is 2.31. The summed E-state index contributed by atoms with van der Waals surface area (Å²) in [5.41, 5.74) is 9.94. The maximum Gasteiger partial charge on any atom is 0.156 e. The molecule has 3 heteroatoms. The molecule has 0 aliphatic heterocycles. The number of aryl methyl sites for hydroxylation is 2. The maximum atomic E-state index is 5.96. The van der Waals surface area contributed by atoms with Crippen LogP contribution < -0.4 is 10.6 Å². The van der Waals surface area contributed by atoms with Crippen molar-refractivity contribution in [1.82, 2.24) is 4.98 Å². The Labute approximate surface area is 102 Å². The molecule has 1 heterocycles. The molecule has 0 atom stereocenters. The summed E-state index contributed by atoms with van der Waals surface area (Å²) < 4.78 is 0. The molecule has 0 aliphatic carbocycles. The second-order valence-corrected chi connectivity index (χ2v) is 4.26. The zero-order chi connectivity index (χ0) is 12.4. The highest BCUT2D eigenvalue weighted by Crippen LogP contribution is 2.27. The molecule has 1 aromatic carbocycles. The van der Waals surface area contributed by atoms with Gasteiger partial charge in [0, 0.05) is 18.4 Å². The predicted molar refractivity (Wildman–Crippen MR) is 72.6 cm³/mol. The summed E-state index contributed by atoms with van der Waals surface area (Å²) in [7, 11) is 1.98. The third-order valence-corrected chi connectivity index (χ3v) is 2.75. The lowest BCUT2D eigenvalue weighted by atomic mass is 10.2. The quantitative estimate of drug-likeness (QED) is 0.857. The monoisotopic (exact) mass is 227 g/mol. The molecule has 0 amide bonds. The molecule has 0 radical (unpaired) electrons. The van der Waals surface area contributed by atoms with E-state index in [2.05, 4.69) is 30.1 Å². The van der Waals surface area contributed by atoms with Gasteiger partial charge in [-0.15, -0.1) is 0 Å². The number of anilines is 3. The van der Waals surface area contributed by atoms with Crippen molar-refractivity contribution < 1.29 is 0 Å². The van der Waals surface area contributed by atoms with Crippen LogP contribution in [0.2, 0.25) is 0 Å². The molecular weight excluding hydrogens is 210 g/mol. The number of nitrogens with zero attached hydrogens (tertiary/aromatic N) is 2. The fourth-order valence-corrected chi connectivity index (χ4v) is 1.78. The van der Waals surface area contributed by atoms with Crippen LogP contribution in [0.3, 0.4) is 0 Å². The number of nitrogen functional groups attached to an aromatic ring is 1. The van der Waals surface area contributed by atoms with Gasteiger partial charge < -0.3 is 10.6 Å². The fraction of sp³-hybridized carbons (Fsp3) is 0.214. The van der Waals surface area contributed by atoms with Gasteiger partial charge in [-0.25, -0.2) is 4.98 Å². The van der Waals surface area contributed by atoms with Crippen molar-refractivity contribution in [3.8, 4) is 0 Å². The molecule has 0 unspecified atom stereocenters. The van der Waals surface area contributed by atoms with Crippen LogP contribution >= 0.6 is 0 Å². The first-order chi connectivity index (χ1) is 8.08. The van der Waals surface area contributed by atoms with E-state index in [0.29, 0.717) is 5.69 Å². The lowest BCUT2D eigenvalue weighted by molar-refractivity contribution is 1.09. The lowest BCUT2D eigenvalue weighted by Gasteiger charge is -2.20. The Kier molecular flexibility index (Phi) is 3.00. The third kappa shape index (κ3) is 2.38. The summed E-state index contributed by atoms with van der Waals surface area (Å²) in [6.45, 7) is 4.04. The molecule has 17 heavy (non-hydrogen) atoms. The van der Waals surface area contributed by atoms with Crippen molar-refractivity contribution in [2.45, 2.75) is 13.8 Å². The lowest BCUT2D eigenvalue weighted by Crippen LogP contribution is -2.13. The summed E-state index contributed by atoms with van der Waals surface area (Å²) in [4.78, 5) is 6.49. The van der Waals surface area contributed by atoms with Gasteiger partial charge in [0.15, 0.2) is 5.82 Å². The Balaban J connectivity index is 2.43. The van der Waals surface area contributed by atoms with E-state index < -0.39 is 0 Å². The minimum absolute atomic E-state index is 0.694. The average molecular weight is 227 g/mol. The minimum Gasteiger partial charge on any atom is -0.396 e. The zero-order valence-electron chi connectivity index (χ0n) is 10.4. The van der Waals surface area contributed by atoms with E-state index in [1.807, 2.05) is 37.1 Å². The highest BCUT2D eigenvalue weighted by atomic mass is 15.2. The molecule has 1 aromatic heterocycles. The van der Waals surface area contributed by atoms with Gasteiger partial charge in [0.1, 0.15) is 0 Å². The SMILES string of the molecule is Cc1cccc(N(C)c2nc(C)ccc2N)c1. The number of aromatic nitrogens is 1. The Hall–Kier alpha value is -2.03. The van der Waals surface area contributed by atoms with Crippen molar-refractivity contribution >= 4 is 17.2 Å². The first-order valence-corrected chi connectivity index (χ1v) is 5.61. The number of nitrogens with two attached hydrogens (primary N) is 1. The van der Waals surface area contributed by atoms with Crippen molar-refractivity contribution in [1.29, 1.82) is 0 Å². The normalized spacial score (nSPS) is 10.3. The van der Waals surface area contributed by atoms with Crippen molar-refractivity contribution in [2.75, 3.05) is 17.7 Å². The van der Waals surface area contributed by atoms with Gasteiger partial charge in [-0.2, -0.15) is 0 Å². The number of benzene rings is 1. The highest BCUT2D eigenvalue weighted by Gasteiger charge is 2.09. The van der Waals surface area contributed by atoms with Gasteiger partial charge in [0.2, 0.25) is 0 Å². The largest absolute Gasteiger partial charge is 0.396 e. The van der Waals surface area contributed by atoms with Crippen LogP contribution in [-0.2, 0) is 0 Å². The molecule has 88 valence electrons. The van der Waals surface area contributed by atoms with Crippen molar-refractivity contribution in [2.24, 2.45) is 0 Å². The first-order valence-electron chi connectivity index (χ1n) is 5.61. The Morgan fingerprint density at radius 2 is 1.88 bits per heavy atom. The van der Waals surface area contributed by atoms with E-state index >= 15 is 0 Å². The molecule has 0 aliphatic rings. The Morgan fingerprint density at radius 1 is 1.12 bits per heavy atom. The summed E-state index contributed by atoms with van der Waals surface area (Å²) in [5, 5.41) is 0. The summed E-state index contributed by atoms with van der Waals surface area (Å²) >= 11 is 0.